The highest BCUT2D eigenvalue weighted by molar-refractivity contribution is 7.16. The van der Waals surface area contributed by atoms with Gasteiger partial charge in [0.2, 0.25) is 0 Å². The van der Waals surface area contributed by atoms with Crippen molar-refractivity contribution < 1.29 is 4.74 Å². The van der Waals surface area contributed by atoms with E-state index in [9.17, 15) is 0 Å². The second kappa shape index (κ2) is 4.70. The second-order valence-corrected chi connectivity index (χ2v) is 5.42. The number of methoxy groups -OCH3 is 1. The van der Waals surface area contributed by atoms with Crippen molar-refractivity contribution in [2.45, 2.75) is 12.8 Å². The predicted molar refractivity (Wildman–Crippen MR) is 72.1 cm³/mol. The first-order valence-electron chi connectivity index (χ1n) is 6.03. The number of aromatic nitrogens is 3. The Kier molecular flexibility index (Phi) is 3.05. The summed E-state index contributed by atoms with van der Waals surface area (Å²) in [6, 6.07) is 0. The smallest absolute Gasteiger partial charge is 0.183 e. The van der Waals surface area contributed by atoms with Gasteiger partial charge in [-0.25, -0.2) is 4.98 Å². The fourth-order valence-corrected chi connectivity index (χ4v) is 3.26. The van der Waals surface area contributed by atoms with Crippen molar-refractivity contribution in [2.24, 2.45) is 7.05 Å². The molecule has 0 saturated heterocycles. The third-order valence-electron chi connectivity index (χ3n) is 3.19. The van der Waals surface area contributed by atoms with Crippen molar-refractivity contribution in [2.75, 3.05) is 25.6 Å². The van der Waals surface area contributed by atoms with Crippen LogP contribution in [0.2, 0.25) is 0 Å². The third-order valence-corrected chi connectivity index (χ3v) is 4.26. The molecule has 0 saturated carbocycles. The Morgan fingerprint density at radius 3 is 3.22 bits per heavy atom. The number of thiazole rings is 1. The number of hydrogen-bond acceptors (Lipinski definition) is 5. The lowest BCUT2D eigenvalue weighted by atomic mass is 10.0. The van der Waals surface area contributed by atoms with Crippen molar-refractivity contribution in [1.29, 1.82) is 0 Å². The van der Waals surface area contributed by atoms with Gasteiger partial charge in [-0.3, -0.25) is 4.68 Å². The summed E-state index contributed by atoms with van der Waals surface area (Å²) in [6.45, 7) is 1.49. The summed E-state index contributed by atoms with van der Waals surface area (Å²) >= 11 is 1.74. The molecule has 0 amide bonds. The molecular formula is C12H16N4OS. The van der Waals surface area contributed by atoms with Crippen LogP contribution in [0.3, 0.4) is 0 Å². The largest absolute Gasteiger partial charge is 0.383 e. The Morgan fingerprint density at radius 1 is 1.50 bits per heavy atom. The number of anilines is 1. The van der Waals surface area contributed by atoms with Crippen molar-refractivity contribution in [3.8, 4) is 11.3 Å². The molecule has 2 aromatic heterocycles. The van der Waals surface area contributed by atoms with Crippen LogP contribution in [0.4, 0.5) is 5.13 Å². The highest BCUT2D eigenvalue weighted by Crippen LogP contribution is 2.37. The molecule has 0 bridgehead atoms. The Morgan fingerprint density at radius 2 is 2.39 bits per heavy atom. The van der Waals surface area contributed by atoms with Crippen LogP contribution in [-0.4, -0.2) is 35.0 Å². The molecular weight excluding hydrogens is 248 g/mol. The van der Waals surface area contributed by atoms with Gasteiger partial charge in [-0.1, -0.05) is 0 Å². The summed E-state index contributed by atoms with van der Waals surface area (Å²) in [5, 5.41) is 8.60. The van der Waals surface area contributed by atoms with Gasteiger partial charge in [-0.2, -0.15) is 5.10 Å². The fraction of sp³-hybridized carbons (Fsp3) is 0.500. The average Bonchev–Trinajstić information content (AvgIpc) is 2.93. The molecule has 1 aliphatic carbocycles. The molecule has 6 heteroatoms. The molecule has 0 fully saturated rings. The van der Waals surface area contributed by atoms with Crippen molar-refractivity contribution in [3.63, 3.8) is 0 Å². The SMILES string of the molecule is COCCNc1nc2c(s1)CCc1c-2cnn1C. The van der Waals surface area contributed by atoms with Crippen LogP contribution < -0.4 is 5.32 Å². The zero-order valence-electron chi connectivity index (χ0n) is 10.6. The molecule has 18 heavy (non-hydrogen) atoms. The number of ether oxygens (including phenoxy) is 1. The molecule has 3 rings (SSSR count). The number of fused-ring (bicyclic) bond motifs is 3. The maximum Gasteiger partial charge on any atom is 0.183 e. The lowest BCUT2D eigenvalue weighted by Gasteiger charge is -2.10. The Balaban J connectivity index is 1.87. The molecule has 0 radical (unpaired) electrons. The number of hydrogen-bond donors (Lipinski definition) is 1. The van der Waals surface area contributed by atoms with Crippen LogP contribution in [0.25, 0.3) is 11.3 Å². The molecule has 2 heterocycles. The Bertz CT molecular complexity index is 560. The van der Waals surface area contributed by atoms with Gasteiger partial charge in [0.1, 0.15) is 0 Å². The minimum Gasteiger partial charge on any atom is -0.383 e. The molecule has 2 aromatic rings. The molecule has 96 valence electrons. The van der Waals surface area contributed by atoms with E-state index in [2.05, 4.69) is 15.4 Å². The van der Waals surface area contributed by atoms with Gasteiger partial charge in [-0.05, 0) is 12.8 Å². The van der Waals surface area contributed by atoms with Crippen molar-refractivity contribution in [3.05, 3.63) is 16.8 Å². The highest BCUT2D eigenvalue weighted by Gasteiger charge is 2.23. The molecule has 5 nitrogen and oxygen atoms in total. The summed E-state index contributed by atoms with van der Waals surface area (Å²) in [7, 11) is 3.70. The third kappa shape index (κ3) is 1.91. The lowest BCUT2D eigenvalue weighted by Crippen LogP contribution is -2.07. The van der Waals surface area contributed by atoms with E-state index in [-0.39, 0.29) is 0 Å². The number of nitrogens with zero attached hydrogens (tertiary/aromatic N) is 3. The van der Waals surface area contributed by atoms with Gasteiger partial charge in [0.15, 0.2) is 5.13 Å². The molecule has 0 aromatic carbocycles. The summed E-state index contributed by atoms with van der Waals surface area (Å²) in [5.74, 6) is 0. The van der Waals surface area contributed by atoms with Gasteiger partial charge in [0, 0.05) is 36.8 Å². The fourth-order valence-electron chi connectivity index (χ4n) is 2.26. The van der Waals surface area contributed by atoms with E-state index in [1.165, 1.54) is 16.1 Å². The number of rotatable bonds is 4. The Labute approximate surface area is 110 Å². The monoisotopic (exact) mass is 264 g/mol. The van der Waals surface area contributed by atoms with E-state index in [1.54, 1.807) is 18.4 Å². The van der Waals surface area contributed by atoms with Crippen molar-refractivity contribution >= 4 is 16.5 Å². The highest BCUT2D eigenvalue weighted by atomic mass is 32.1. The van der Waals surface area contributed by atoms with Gasteiger partial charge in [-0.15, -0.1) is 11.3 Å². The van der Waals surface area contributed by atoms with E-state index in [0.29, 0.717) is 6.61 Å². The summed E-state index contributed by atoms with van der Waals surface area (Å²) in [4.78, 5) is 6.03. The van der Waals surface area contributed by atoms with E-state index in [1.807, 2.05) is 17.9 Å². The standard InChI is InChI=1S/C12H16N4OS/c1-16-9-3-4-10-11(8(9)7-14-16)15-12(18-10)13-5-6-17-2/h7H,3-6H2,1-2H3,(H,13,15). The minimum atomic E-state index is 0.697. The zero-order chi connectivity index (χ0) is 12.5. The van der Waals surface area contributed by atoms with Gasteiger partial charge >= 0.3 is 0 Å². The molecule has 1 N–H and O–H groups in total. The topological polar surface area (TPSA) is 52.0 Å². The molecule has 0 unspecified atom stereocenters. The maximum atomic E-state index is 5.03. The molecule has 0 atom stereocenters. The van der Waals surface area contributed by atoms with Crippen LogP contribution in [0.1, 0.15) is 10.6 Å². The molecule has 0 aliphatic heterocycles. The lowest BCUT2D eigenvalue weighted by molar-refractivity contribution is 0.211. The summed E-state index contributed by atoms with van der Waals surface area (Å²) < 4.78 is 6.98. The Hall–Kier alpha value is -1.40. The van der Waals surface area contributed by atoms with Gasteiger partial charge in [0.25, 0.3) is 0 Å². The summed E-state index contributed by atoms with van der Waals surface area (Å²) in [5.41, 5.74) is 3.58. The quantitative estimate of drug-likeness (QED) is 0.854. The number of nitrogens with one attached hydrogen (secondary N) is 1. The van der Waals surface area contributed by atoms with E-state index >= 15 is 0 Å². The maximum absolute atomic E-state index is 5.03. The second-order valence-electron chi connectivity index (χ2n) is 4.34. The first-order chi connectivity index (χ1) is 8.79. The van der Waals surface area contributed by atoms with E-state index in [0.717, 1.165) is 30.2 Å². The van der Waals surface area contributed by atoms with Crippen LogP contribution in [0.15, 0.2) is 6.20 Å². The average molecular weight is 264 g/mol. The number of aryl methyl sites for hydroxylation is 2. The van der Waals surface area contributed by atoms with Crippen LogP contribution in [-0.2, 0) is 24.6 Å². The summed E-state index contributed by atoms with van der Waals surface area (Å²) in [6.07, 6.45) is 4.04. The first kappa shape index (κ1) is 11.7. The van der Waals surface area contributed by atoms with E-state index < -0.39 is 0 Å². The first-order valence-corrected chi connectivity index (χ1v) is 6.85. The predicted octanol–water partition coefficient (Wildman–Crippen LogP) is 1.70. The van der Waals surface area contributed by atoms with Crippen molar-refractivity contribution in [1.82, 2.24) is 14.8 Å². The molecule has 0 spiro atoms. The van der Waals surface area contributed by atoms with Crippen LogP contribution in [0, 0.1) is 0 Å². The molecule has 1 aliphatic rings. The van der Waals surface area contributed by atoms with E-state index in [4.69, 9.17) is 4.74 Å². The van der Waals surface area contributed by atoms with Crippen LogP contribution >= 0.6 is 11.3 Å². The van der Waals surface area contributed by atoms with Gasteiger partial charge < -0.3 is 10.1 Å². The normalized spacial score (nSPS) is 13.2. The van der Waals surface area contributed by atoms with Crippen LogP contribution in [0.5, 0.6) is 0 Å². The zero-order valence-corrected chi connectivity index (χ0v) is 11.4. The van der Waals surface area contributed by atoms with Gasteiger partial charge in [0.05, 0.1) is 18.5 Å². The minimum absolute atomic E-state index is 0.697.